The van der Waals surface area contributed by atoms with Crippen LogP contribution in [0, 0.1) is 0 Å². The van der Waals surface area contributed by atoms with Crippen LogP contribution in [0.1, 0.15) is 6.92 Å². The van der Waals surface area contributed by atoms with Gasteiger partial charge in [0.15, 0.2) is 5.15 Å². The third-order valence-electron chi connectivity index (χ3n) is 2.07. The maximum atomic E-state index is 8.36. The third kappa shape index (κ3) is 4.30. The molecule has 7 nitrogen and oxygen atoms in total. The predicted molar refractivity (Wildman–Crippen MR) is 70.5 cm³/mol. The normalized spacial score (nSPS) is 10.1. The van der Waals surface area contributed by atoms with Crippen molar-refractivity contribution >= 4 is 40.7 Å². The second kappa shape index (κ2) is 7.88. The average Bonchev–Trinajstić information content (AvgIpc) is 2.74. The minimum Gasteiger partial charge on any atom is -0.483 e. The Hall–Kier alpha value is -1.44. The van der Waals surface area contributed by atoms with Crippen LogP contribution in [0.2, 0.25) is 10.4 Å². The van der Waals surface area contributed by atoms with Crippen LogP contribution in [0.3, 0.4) is 0 Å². The highest BCUT2D eigenvalue weighted by molar-refractivity contribution is 6.35. The van der Waals surface area contributed by atoms with Crippen LogP contribution >= 0.6 is 23.2 Å². The van der Waals surface area contributed by atoms with Crippen LogP contribution in [0.5, 0.6) is 0 Å². The maximum Gasteiger partial charge on any atom is 0.290 e. The summed E-state index contributed by atoms with van der Waals surface area (Å²) < 4.78 is 6.96. The van der Waals surface area contributed by atoms with E-state index in [1.165, 1.54) is 0 Å². The Bertz CT molecular complexity index is 547. The quantitative estimate of drug-likeness (QED) is 0.401. The number of carbonyl (C=O) groups is 1. The smallest absolute Gasteiger partial charge is 0.290 e. The summed E-state index contributed by atoms with van der Waals surface area (Å²) in [7, 11) is 0. The Labute approximate surface area is 119 Å². The van der Waals surface area contributed by atoms with Gasteiger partial charge in [0.1, 0.15) is 11.0 Å². The predicted octanol–water partition coefficient (Wildman–Crippen LogP) is 1.87. The maximum absolute atomic E-state index is 8.36. The van der Waals surface area contributed by atoms with Crippen molar-refractivity contribution in [1.29, 1.82) is 0 Å². The Morgan fingerprint density at radius 2 is 2.16 bits per heavy atom. The number of rotatable bonds is 4. The molecular formula is C10H12Cl2N4O3. The minimum atomic E-state index is -0.250. The van der Waals surface area contributed by atoms with Crippen LogP contribution in [0.4, 0.5) is 0 Å². The number of aromatic nitrogens is 4. The van der Waals surface area contributed by atoms with Crippen LogP contribution in [-0.4, -0.2) is 44.5 Å². The summed E-state index contributed by atoms with van der Waals surface area (Å²) in [5.41, 5.74) is 1.33. The molecule has 0 fully saturated rings. The van der Waals surface area contributed by atoms with E-state index < -0.39 is 0 Å². The average molecular weight is 307 g/mol. The molecule has 2 aromatic rings. The van der Waals surface area contributed by atoms with E-state index in [0.717, 1.165) is 0 Å². The Morgan fingerprint density at radius 3 is 2.79 bits per heavy atom. The first kappa shape index (κ1) is 15.6. The van der Waals surface area contributed by atoms with Gasteiger partial charge in [0, 0.05) is 6.61 Å². The van der Waals surface area contributed by atoms with Gasteiger partial charge in [0.25, 0.3) is 6.47 Å². The number of hydrogen-bond donors (Lipinski definition) is 1. The first-order chi connectivity index (χ1) is 9.13. The first-order valence-corrected chi connectivity index (χ1v) is 6.09. The molecule has 2 rings (SSSR count). The third-order valence-corrected chi connectivity index (χ3v) is 2.50. The molecule has 0 aliphatic heterocycles. The van der Waals surface area contributed by atoms with Crippen LogP contribution in [0.15, 0.2) is 6.20 Å². The van der Waals surface area contributed by atoms with Gasteiger partial charge >= 0.3 is 0 Å². The van der Waals surface area contributed by atoms with Crippen LogP contribution < -0.4 is 0 Å². The molecule has 0 unspecified atom stereocenters. The van der Waals surface area contributed by atoms with Gasteiger partial charge in [-0.1, -0.05) is 11.6 Å². The number of halogens is 2. The standard InChI is InChI=1S/C9H10Cl2N4O.CH2O2/c1-2-16-4-3-15-7-6(5-12-15)13-9(11)14-8(7)10;2-1-3/h5H,2-4H2,1H3;1H,(H,2,3). The van der Waals surface area contributed by atoms with Crippen molar-refractivity contribution in [3.63, 3.8) is 0 Å². The number of carboxylic acid groups (broad SMARTS) is 1. The van der Waals surface area contributed by atoms with E-state index in [-0.39, 0.29) is 11.8 Å². The molecule has 0 atom stereocenters. The molecule has 0 aromatic carbocycles. The molecule has 0 saturated heterocycles. The van der Waals surface area contributed by atoms with E-state index >= 15 is 0 Å². The zero-order chi connectivity index (χ0) is 14.3. The molecule has 1 N–H and O–H groups in total. The van der Waals surface area contributed by atoms with Gasteiger partial charge in [0.2, 0.25) is 5.28 Å². The van der Waals surface area contributed by atoms with Crippen molar-refractivity contribution in [2.24, 2.45) is 0 Å². The van der Waals surface area contributed by atoms with Gasteiger partial charge in [-0.2, -0.15) is 5.10 Å². The molecule has 104 valence electrons. The Kier molecular flexibility index (Phi) is 6.48. The van der Waals surface area contributed by atoms with E-state index in [0.29, 0.717) is 35.9 Å². The molecule has 0 amide bonds. The summed E-state index contributed by atoms with van der Waals surface area (Å²) in [6.45, 7) is 3.56. The van der Waals surface area contributed by atoms with Crippen LogP contribution in [-0.2, 0) is 16.1 Å². The van der Waals surface area contributed by atoms with Gasteiger partial charge in [-0.05, 0) is 18.5 Å². The summed E-state index contributed by atoms with van der Waals surface area (Å²) in [6.07, 6.45) is 1.61. The highest BCUT2D eigenvalue weighted by Crippen LogP contribution is 2.21. The molecule has 0 aliphatic carbocycles. The summed E-state index contributed by atoms with van der Waals surface area (Å²) in [4.78, 5) is 16.3. The monoisotopic (exact) mass is 306 g/mol. The van der Waals surface area contributed by atoms with E-state index in [4.69, 9.17) is 37.8 Å². The molecule has 2 heterocycles. The second-order valence-electron chi connectivity index (χ2n) is 3.19. The molecule has 0 saturated carbocycles. The van der Waals surface area contributed by atoms with Crippen molar-refractivity contribution in [3.8, 4) is 0 Å². The highest BCUT2D eigenvalue weighted by atomic mass is 35.5. The summed E-state index contributed by atoms with van der Waals surface area (Å²) in [5, 5.41) is 11.5. The number of nitrogens with zero attached hydrogens (tertiary/aromatic N) is 4. The number of fused-ring (bicyclic) bond motifs is 1. The van der Waals surface area contributed by atoms with Crippen molar-refractivity contribution in [2.45, 2.75) is 13.5 Å². The van der Waals surface area contributed by atoms with Gasteiger partial charge < -0.3 is 9.84 Å². The Balaban J connectivity index is 0.000000550. The van der Waals surface area contributed by atoms with Crippen LogP contribution in [0.25, 0.3) is 11.0 Å². The van der Waals surface area contributed by atoms with Gasteiger partial charge in [-0.3, -0.25) is 9.48 Å². The minimum absolute atomic E-state index is 0.127. The fourth-order valence-corrected chi connectivity index (χ4v) is 1.89. The summed E-state index contributed by atoms with van der Waals surface area (Å²) in [5.74, 6) is 0. The lowest BCUT2D eigenvalue weighted by atomic mass is 10.4. The SMILES string of the molecule is CCOCCn1ncc2nc(Cl)nc(Cl)c21.O=CO. The fourth-order valence-electron chi connectivity index (χ4n) is 1.39. The van der Waals surface area contributed by atoms with E-state index in [1.54, 1.807) is 10.9 Å². The van der Waals surface area contributed by atoms with Crippen molar-refractivity contribution in [1.82, 2.24) is 19.7 Å². The molecule has 0 spiro atoms. The topological polar surface area (TPSA) is 90.1 Å². The molecule has 0 bridgehead atoms. The van der Waals surface area contributed by atoms with Gasteiger partial charge in [0.05, 0.1) is 19.3 Å². The zero-order valence-electron chi connectivity index (χ0n) is 10.1. The Morgan fingerprint density at radius 1 is 1.47 bits per heavy atom. The molecule has 0 radical (unpaired) electrons. The number of hydrogen-bond acceptors (Lipinski definition) is 5. The summed E-state index contributed by atoms with van der Waals surface area (Å²) in [6, 6.07) is 0. The fraction of sp³-hybridized carbons (Fsp3) is 0.400. The molecule has 9 heteroatoms. The lowest BCUT2D eigenvalue weighted by molar-refractivity contribution is -0.122. The lowest BCUT2D eigenvalue weighted by Crippen LogP contribution is -2.07. The number of ether oxygens (including phenoxy) is 1. The van der Waals surface area contributed by atoms with Gasteiger partial charge in [-0.15, -0.1) is 0 Å². The van der Waals surface area contributed by atoms with Crippen molar-refractivity contribution in [2.75, 3.05) is 13.2 Å². The summed E-state index contributed by atoms with van der Waals surface area (Å²) >= 11 is 11.7. The van der Waals surface area contributed by atoms with Crippen molar-refractivity contribution in [3.05, 3.63) is 16.6 Å². The zero-order valence-corrected chi connectivity index (χ0v) is 11.6. The largest absolute Gasteiger partial charge is 0.483 e. The van der Waals surface area contributed by atoms with Crippen molar-refractivity contribution < 1.29 is 14.6 Å². The first-order valence-electron chi connectivity index (χ1n) is 5.34. The molecule has 2 aromatic heterocycles. The van der Waals surface area contributed by atoms with E-state index in [1.807, 2.05) is 6.92 Å². The van der Waals surface area contributed by atoms with Gasteiger partial charge in [-0.25, -0.2) is 9.97 Å². The molecule has 19 heavy (non-hydrogen) atoms. The van der Waals surface area contributed by atoms with E-state index in [9.17, 15) is 0 Å². The lowest BCUT2D eigenvalue weighted by Gasteiger charge is -2.04. The molecular weight excluding hydrogens is 295 g/mol. The second-order valence-corrected chi connectivity index (χ2v) is 3.88. The highest BCUT2D eigenvalue weighted by Gasteiger charge is 2.10. The van der Waals surface area contributed by atoms with E-state index in [2.05, 4.69) is 15.1 Å². The molecule has 0 aliphatic rings.